The molecule has 2 fully saturated rings. The summed E-state index contributed by atoms with van der Waals surface area (Å²) >= 11 is 0. The molecular weight excluding hydrogens is 440 g/mol. The minimum absolute atomic E-state index is 0.0567. The highest BCUT2D eigenvalue weighted by Crippen LogP contribution is 2.22. The molecule has 1 aliphatic carbocycles. The highest BCUT2D eigenvalue weighted by atomic mass is 32.2. The van der Waals surface area contributed by atoms with Gasteiger partial charge in [-0.05, 0) is 61.2 Å². The van der Waals surface area contributed by atoms with E-state index >= 15 is 0 Å². The van der Waals surface area contributed by atoms with E-state index in [4.69, 9.17) is 0 Å². The Kier molecular flexibility index (Phi) is 6.80. The van der Waals surface area contributed by atoms with Gasteiger partial charge in [-0.2, -0.15) is 0 Å². The molecule has 4 rings (SSSR count). The minimum atomic E-state index is -3.48. The van der Waals surface area contributed by atoms with Gasteiger partial charge < -0.3 is 15.1 Å². The Balaban J connectivity index is 1.27. The van der Waals surface area contributed by atoms with Crippen LogP contribution in [0.3, 0.4) is 0 Å². The Labute approximate surface area is 194 Å². The number of amides is 3. The lowest BCUT2D eigenvalue weighted by atomic mass is 10.2. The standard InChI is InChI=1S/C24H28N4O4S/c1-18-3-2-4-21(17-18)25-24(30)28-15-13-27(14-16-28)23(29)12-7-19-5-10-22(11-6-19)33(31,32)26-20-8-9-20/h2-7,10-12,17,20,26H,8-9,13-16H2,1H3,(H,25,30)/b12-7+. The van der Waals surface area contributed by atoms with Gasteiger partial charge in [0.1, 0.15) is 0 Å². The topological polar surface area (TPSA) is 98.8 Å². The summed E-state index contributed by atoms with van der Waals surface area (Å²) in [5, 5.41) is 2.89. The molecule has 174 valence electrons. The third kappa shape index (κ3) is 6.21. The van der Waals surface area contributed by atoms with Crippen molar-refractivity contribution in [1.82, 2.24) is 14.5 Å². The van der Waals surface area contributed by atoms with E-state index in [0.717, 1.165) is 29.7 Å². The number of carbonyl (C=O) groups excluding carboxylic acids is 2. The molecule has 1 aliphatic heterocycles. The van der Waals surface area contributed by atoms with Gasteiger partial charge in [0.15, 0.2) is 0 Å². The fourth-order valence-electron chi connectivity index (χ4n) is 3.57. The Hall–Kier alpha value is -3.17. The van der Waals surface area contributed by atoms with E-state index in [1.807, 2.05) is 31.2 Å². The van der Waals surface area contributed by atoms with E-state index in [0.29, 0.717) is 26.2 Å². The van der Waals surface area contributed by atoms with Crippen LogP contribution in [0, 0.1) is 6.92 Å². The normalized spacial score (nSPS) is 16.8. The summed E-state index contributed by atoms with van der Waals surface area (Å²) in [6, 6.07) is 13.9. The molecule has 1 saturated carbocycles. The SMILES string of the molecule is Cc1cccc(NC(=O)N2CCN(C(=O)/C=C/c3ccc(S(=O)(=O)NC4CC4)cc3)CC2)c1. The lowest BCUT2D eigenvalue weighted by Gasteiger charge is -2.34. The van der Waals surface area contributed by atoms with Gasteiger partial charge in [0, 0.05) is 44.0 Å². The number of carbonyl (C=O) groups is 2. The lowest BCUT2D eigenvalue weighted by Crippen LogP contribution is -2.51. The molecule has 2 N–H and O–H groups in total. The number of piperazine rings is 1. The Morgan fingerprint density at radius 3 is 2.27 bits per heavy atom. The molecule has 9 heteroatoms. The zero-order valence-corrected chi connectivity index (χ0v) is 19.3. The largest absolute Gasteiger partial charge is 0.336 e. The van der Waals surface area contributed by atoms with Crippen LogP contribution in [0.5, 0.6) is 0 Å². The number of anilines is 1. The first-order valence-corrected chi connectivity index (χ1v) is 12.5. The Morgan fingerprint density at radius 2 is 1.64 bits per heavy atom. The van der Waals surface area contributed by atoms with Crippen LogP contribution in [0.1, 0.15) is 24.0 Å². The number of hydrogen-bond donors (Lipinski definition) is 2. The molecule has 0 spiro atoms. The van der Waals surface area contributed by atoms with Crippen molar-refractivity contribution in [3.8, 4) is 0 Å². The molecule has 0 radical (unpaired) electrons. The summed E-state index contributed by atoms with van der Waals surface area (Å²) in [6.45, 7) is 3.79. The highest BCUT2D eigenvalue weighted by molar-refractivity contribution is 7.89. The fourth-order valence-corrected chi connectivity index (χ4v) is 4.88. The number of aryl methyl sites for hydroxylation is 1. The zero-order chi connectivity index (χ0) is 23.4. The second-order valence-electron chi connectivity index (χ2n) is 8.41. The number of nitrogens with zero attached hydrogens (tertiary/aromatic N) is 2. The molecule has 0 aromatic heterocycles. The highest BCUT2D eigenvalue weighted by Gasteiger charge is 2.28. The quantitative estimate of drug-likeness (QED) is 0.637. The minimum Gasteiger partial charge on any atom is -0.336 e. The number of hydrogen-bond acceptors (Lipinski definition) is 4. The van der Waals surface area contributed by atoms with Crippen LogP contribution < -0.4 is 10.0 Å². The molecule has 8 nitrogen and oxygen atoms in total. The van der Waals surface area contributed by atoms with Crippen LogP contribution in [-0.2, 0) is 14.8 Å². The lowest BCUT2D eigenvalue weighted by molar-refractivity contribution is -0.127. The van der Waals surface area contributed by atoms with E-state index in [9.17, 15) is 18.0 Å². The van der Waals surface area contributed by atoms with Crippen LogP contribution in [-0.4, -0.2) is 62.4 Å². The molecule has 2 aromatic rings. The van der Waals surface area contributed by atoms with Gasteiger partial charge in [0.2, 0.25) is 15.9 Å². The summed E-state index contributed by atoms with van der Waals surface area (Å²) < 4.78 is 27.1. The molecule has 0 bridgehead atoms. The molecule has 0 atom stereocenters. The van der Waals surface area contributed by atoms with E-state index in [1.54, 1.807) is 40.1 Å². The van der Waals surface area contributed by atoms with Crippen LogP contribution in [0.2, 0.25) is 0 Å². The average molecular weight is 469 g/mol. The number of sulfonamides is 1. The van der Waals surface area contributed by atoms with Gasteiger partial charge in [-0.15, -0.1) is 0 Å². The average Bonchev–Trinajstić information content (AvgIpc) is 3.61. The van der Waals surface area contributed by atoms with Crippen LogP contribution in [0.15, 0.2) is 59.5 Å². The smallest absolute Gasteiger partial charge is 0.321 e. The van der Waals surface area contributed by atoms with Gasteiger partial charge >= 0.3 is 6.03 Å². The van der Waals surface area contributed by atoms with Crippen molar-refractivity contribution in [1.29, 1.82) is 0 Å². The predicted molar refractivity (Wildman–Crippen MR) is 127 cm³/mol. The first-order valence-electron chi connectivity index (χ1n) is 11.0. The first-order chi connectivity index (χ1) is 15.8. The maximum Gasteiger partial charge on any atom is 0.321 e. The Morgan fingerprint density at radius 1 is 0.970 bits per heavy atom. The molecule has 2 aromatic carbocycles. The van der Waals surface area contributed by atoms with Crippen molar-refractivity contribution in [2.75, 3.05) is 31.5 Å². The van der Waals surface area contributed by atoms with E-state index in [2.05, 4.69) is 10.0 Å². The number of rotatable bonds is 6. The number of benzene rings is 2. The summed E-state index contributed by atoms with van der Waals surface area (Å²) in [5.41, 5.74) is 2.56. The first kappa shape index (κ1) is 23.0. The van der Waals surface area contributed by atoms with Gasteiger partial charge in [-0.1, -0.05) is 24.3 Å². The summed E-state index contributed by atoms with van der Waals surface area (Å²) in [4.78, 5) is 28.6. The van der Waals surface area contributed by atoms with Gasteiger partial charge in [-0.3, -0.25) is 4.79 Å². The van der Waals surface area contributed by atoms with Gasteiger partial charge in [-0.25, -0.2) is 17.9 Å². The van der Waals surface area contributed by atoms with Crippen molar-refractivity contribution in [2.24, 2.45) is 0 Å². The number of nitrogens with one attached hydrogen (secondary N) is 2. The summed E-state index contributed by atoms with van der Waals surface area (Å²) in [6.07, 6.45) is 4.92. The second-order valence-corrected chi connectivity index (χ2v) is 10.1. The van der Waals surface area contributed by atoms with Crippen LogP contribution >= 0.6 is 0 Å². The molecule has 33 heavy (non-hydrogen) atoms. The third-order valence-corrected chi connectivity index (χ3v) is 7.19. The summed E-state index contributed by atoms with van der Waals surface area (Å²) in [5.74, 6) is -0.138. The van der Waals surface area contributed by atoms with Gasteiger partial charge in [0.05, 0.1) is 4.90 Å². The van der Waals surface area contributed by atoms with Crippen molar-refractivity contribution < 1.29 is 18.0 Å². The molecule has 1 saturated heterocycles. The predicted octanol–water partition coefficient (Wildman–Crippen LogP) is 2.83. The van der Waals surface area contributed by atoms with E-state index in [1.165, 1.54) is 6.08 Å². The molecule has 3 amide bonds. The van der Waals surface area contributed by atoms with Gasteiger partial charge in [0.25, 0.3) is 0 Å². The molecule has 1 heterocycles. The zero-order valence-electron chi connectivity index (χ0n) is 18.5. The summed E-state index contributed by atoms with van der Waals surface area (Å²) in [7, 11) is -3.48. The monoisotopic (exact) mass is 468 g/mol. The maximum atomic E-state index is 12.5. The van der Waals surface area contributed by atoms with E-state index < -0.39 is 10.0 Å². The Bertz CT molecular complexity index is 1150. The van der Waals surface area contributed by atoms with E-state index in [-0.39, 0.29) is 22.9 Å². The van der Waals surface area contributed by atoms with Crippen molar-refractivity contribution in [3.05, 3.63) is 65.7 Å². The van der Waals surface area contributed by atoms with Crippen molar-refractivity contribution in [2.45, 2.75) is 30.7 Å². The van der Waals surface area contributed by atoms with Crippen molar-refractivity contribution >= 4 is 33.7 Å². The molecule has 0 unspecified atom stereocenters. The second kappa shape index (κ2) is 9.76. The number of urea groups is 1. The molecular formula is C24H28N4O4S. The van der Waals surface area contributed by atoms with Crippen molar-refractivity contribution in [3.63, 3.8) is 0 Å². The fraction of sp³-hybridized carbons (Fsp3) is 0.333. The molecule has 2 aliphatic rings. The third-order valence-electron chi connectivity index (χ3n) is 5.66. The van der Waals surface area contributed by atoms with Crippen LogP contribution in [0.4, 0.5) is 10.5 Å². The maximum absolute atomic E-state index is 12.5. The van der Waals surface area contributed by atoms with Crippen LogP contribution in [0.25, 0.3) is 6.08 Å².